The van der Waals surface area contributed by atoms with Gasteiger partial charge in [-0.1, -0.05) is 13.8 Å². The molecule has 0 radical (unpaired) electrons. The van der Waals surface area contributed by atoms with Gasteiger partial charge in [-0.2, -0.15) is 0 Å². The van der Waals surface area contributed by atoms with Gasteiger partial charge in [0.2, 0.25) is 0 Å². The van der Waals surface area contributed by atoms with Crippen molar-refractivity contribution in [2.75, 3.05) is 0 Å². The second kappa shape index (κ2) is 4.89. The van der Waals surface area contributed by atoms with Crippen LogP contribution in [0.15, 0.2) is 11.4 Å². The molecule has 1 aliphatic rings. The summed E-state index contributed by atoms with van der Waals surface area (Å²) in [5, 5.41) is 12.5. The molecule has 0 aliphatic heterocycles. The van der Waals surface area contributed by atoms with Crippen LogP contribution in [0.4, 0.5) is 0 Å². The van der Waals surface area contributed by atoms with Crippen molar-refractivity contribution in [1.82, 2.24) is 0 Å². The minimum Gasteiger partial charge on any atom is -0.387 e. The zero-order chi connectivity index (χ0) is 11.7. The number of aliphatic hydroxyl groups excluding tert-OH is 1. The van der Waals surface area contributed by atoms with Gasteiger partial charge in [0.1, 0.15) is 0 Å². The maximum absolute atomic E-state index is 10.5. The molecule has 0 spiro atoms. The Morgan fingerprint density at radius 2 is 1.88 bits per heavy atom. The van der Waals surface area contributed by atoms with Crippen molar-refractivity contribution in [3.8, 4) is 0 Å². The number of rotatable bonds is 2. The predicted molar refractivity (Wildman–Crippen MR) is 69.7 cm³/mol. The molecule has 1 aromatic heterocycles. The van der Waals surface area contributed by atoms with Crippen LogP contribution in [-0.2, 0) is 0 Å². The van der Waals surface area contributed by atoms with Crippen LogP contribution in [0.2, 0.25) is 0 Å². The summed E-state index contributed by atoms with van der Waals surface area (Å²) in [5.41, 5.74) is 1.25. The highest BCUT2D eigenvalue weighted by Crippen LogP contribution is 2.41. The van der Waals surface area contributed by atoms with Crippen molar-refractivity contribution in [2.24, 2.45) is 17.8 Å². The molecule has 1 aromatic rings. The molecule has 3 atom stereocenters. The van der Waals surface area contributed by atoms with Gasteiger partial charge in [-0.15, -0.1) is 11.3 Å². The quantitative estimate of drug-likeness (QED) is 0.820. The second-order valence-corrected chi connectivity index (χ2v) is 6.54. The van der Waals surface area contributed by atoms with Crippen LogP contribution in [0.25, 0.3) is 0 Å². The third-order valence-corrected chi connectivity index (χ3v) is 4.92. The van der Waals surface area contributed by atoms with E-state index in [-0.39, 0.29) is 6.10 Å². The summed E-state index contributed by atoms with van der Waals surface area (Å²) in [6.07, 6.45) is 3.46. The van der Waals surface area contributed by atoms with Crippen LogP contribution in [0.5, 0.6) is 0 Å². The van der Waals surface area contributed by atoms with E-state index < -0.39 is 0 Å². The molecule has 1 heterocycles. The molecule has 2 rings (SSSR count). The molecule has 16 heavy (non-hydrogen) atoms. The van der Waals surface area contributed by atoms with Gasteiger partial charge in [-0.25, -0.2) is 0 Å². The smallest absolute Gasteiger partial charge is 0.0912 e. The van der Waals surface area contributed by atoms with Gasteiger partial charge < -0.3 is 5.11 Å². The average molecular weight is 238 g/mol. The normalized spacial score (nSPS) is 32.6. The van der Waals surface area contributed by atoms with Crippen LogP contribution in [-0.4, -0.2) is 5.11 Å². The molecule has 1 nitrogen and oxygen atoms in total. The Bertz CT molecular complexity index is 334. The maximum atomic E-state index is 10.5. The Morgan fingerprint density at radius 3 is 2.38 bits per heavy atom. The molecule has 0 bridgehead atoms. The number of hydrogen-bond acceptors (Lipinski definition) is 2. The number of hydrogen-bond donors (Lipinski definition) is 1. The summed E-state index contributed by atoms with van der Waals surface area (Å²) in [5.74, 6) is 2.00. The van der Waals surface area contributed by atoms with E-state index in [1.165, 1.54) is 29.7 Å². The highest BCUT2D eigenvalue weighted by molar-refractivity contribution is 7.10. The highest BCUT2D eigenvalue weighted by atomic mass is 32.1. The van der Waals surface area contributed by atoms with Gasteiger partial charge in [0, 0.05) is 4.88 Å². The molecule has 1 N–H and O–H groups in total. The van der Waals surface area contributed by atoms with E-state index in [2.05, 4.69) is 32.2 Å². The largest absolute Gasteiger partial charge is 0.387 e. The Balaban J connectivity index is 2.10. The third kappa shape index (κ3) is 2.49. The minimum atomic E-state index is -0.231. The molecule has 0 amide bonds. The summed E-state index contributed by atoms with van der Waals surface area (Å²) in [6, 6.07) is 2.11. The Hall–Kier alpha value is -0.340. The van der Waals surface area contributed by atoms with Gasteiger partial charge in [-0.05, 0) is 60.9 Å². The lowest BCUT2D eigenvalue weighted by Gasteiger charge is -2.34. The first kappa shape index (κ1) is 12.1. The number of aryl methyl sites for hydroxylation is 1. The van der Waals surface area contributed by atoms with E-state index in [4.69, 9.17) is 0 Å². The molecular weight excluding hydrogens is 216 g/mol. The van der Waals surface area contributed by atoms with E-state index in [0.29, 0.717) is 5.92 Å². The topological polar surface area (TPSA) is 20.2 Å². The number of thiophene rings is 1. The maximum Gasteiger partial charge on any atom is 0.0912 e. The zero-order valence-electron chi connectivity index (χ0n) is 10.4. The van der Waals surface area contributed by atoms with E-state index in [9.17, 15) is 5.11 Å². The molecule has 0 saturated heterocycles. The molecule has 1 fully saturated rings. The Kier molecular flexibility index (Phi) is 3.70. The summed E-state index contributed by atoms with van der Waals surface area (Å²) >= 11 is 1.70. The monoisotopic (exact) mass is 238 g/mol. The van der Waals surface area contributed by atoms with Crippen molar-refractivity contribution < 1.29 is 5.11 Å². The van der Waals surface area contributed by atoms with Crippen LogP contribution in [0.1, 0.15) is 49.7 Å². The zero-order valence-corrected chi connectivity index (χ0v) is 11.3. The first-order valence-corrected chi connectivity index (χ1v) is 7.18. The Morgan fingerprint density at radius 1 is 1.25 bits per heavy atom. The molecule has 2 heteroatoms. The van der Waals surface area contributed by atoms with Crippen LogP contribution < -0.4 is 0 Å². The van der Waals surface area contributed by atoms with E-state index in [0.717, 1.165) is 11.8 Å². The lowest BCUT2D eigenvalue weighted by atomic mass is 9.74. The highest BCUT2D eigenvalue weighted by Gasteiger charge is 2.30. The van der Waals surface area contributed by atoms with Crippen LogP contribution in [0.3, 0.4) is 0 Å². The molecule has 90 valence electrons. The summed E-state index contributed by atoms with van der Waals surface area (Å²) in [7, 11) is 0. The Labute approximate surface area is 103 Å². The fraction of sp³-hybridized carbons (Fsp3) is 0.714. The molecular formula is C14H22OS. The van der Waals surface area contributed by atoms with Crippen molar-refractivity contribution in [3.05, 3.63) is 21.9 Å². The van der Waals surface area contributed by atoms with E-state index in [1.54, 1.807) is 11.3 Å². The van der Waals surface area contributed by atoms with Crippen molar-refractivity contribution in [3.63, 3.8) is 0 Å². The third-order valence-electron chi connectivity index (χ3n) is 3.83. The first-order chi connectivity index (χ1) is 7.58. The van der Waals surface area contributed by atoms with Gasteiger partial charge in [-0.3, -0.25) is 0 Å². The van der Waals surface area contributed by atoms with Gasteiger partial charge in [0.25, 0.3) is 0 Å². The SMILES string of the molecule is Cc1ccsc1C(O)C1CC(C)CC(C)C1. The molecule has 1 saturated carbocycles. The van der Waals surface area contributed by atoms with Gasteiger partial charge in [0.15, 0.2) is 0 Å². The van der Waals surface area contributed by atoms with E-state index in [1.807, 2.05) is 0 Å². The van der Waals surface area contributed by atoms with Crippen molar-refractivity contribution >= 4 is 11.3 Å². The lowest BCUT2D eigenvalue weighted by Crippen LogP contribution is -2.24. The first-order valence-electron chi connectivity index (χ1n) is 6.30. The fourth-order valence-electron chi connectivity index (χ4n) is 3.17. The average Bonchev–Trinajstić information content (AvgIpc) is 2.62. The minimum absolute atomic E-state index is 0.231. The summed E-state index contributed by atoms with van der Waals surface area (Å²) < 4.78 is 0. The second-order valence-electron chi connectivity index (χ2n) is 5.59. The fourth-order valence-corrected chi connectivity index (χ4v) is 4.17. The van der Waals surface area contributed by atoms with Gasteiger partial charge >= 0.3 is 0 Å². The summed E-state index contributed by atoms with van der Waals surface area (Å²) in [4.78, 5) is 1.19. The van der Waals surface area contributed by atoms with E-state index >= 15 is 0 Å². The summed E-state index contributed by atoms with van der Waals surface area (Å²) in [6.45, 7) is 6.73. The van der Waals surface area contributed by atoms with Crippen molar-refractivity contribution in [1.29, 1.82) is 0 Å². The molecule has 0 aromatic carbocycles. The molecule has 1 aliphatic carbocycles. The van der Waals surface area contributed by atoms with Crippen molar-refractivity contribution in [2.45, 2.75) is 46.1 Å². The van der Waals surface area contributed by atoms with Crippen LogP contribution >= 0.6 is 11.3 Å². The van der Waals surface area contributed by atoms with Gasteiger partial charge in [0.05, 0.1) is 6.10 Å². The standard InChI is InChI=1S/C14H22OS/c1-9-6-10(2)8-12(7-9)13(15)14-11(3)4-5-16-14/h4-5,9-10,12-13,15H,6-8H2,1-3H3. The lowest BCUT2D eigenvalue weighted by molar-refractivity contribution is 0.0573. The predicted octanol–water partition coefficient (Wildman–Crippen LogP) is 4.16. The molecule has 3 unspecified atom stereocenters. The number of aliphatic hydroxyl groups is 1. The van der Waals surface area contributed by atoms with Crippen LogP contribution in [0, 0.1) is 24.7 Å².